The van der Waals surface area contributed by atoms with Crippen LogP contribution < -0.4 is 10.2 Å². The van der Waals surface area contributed by atoms with E-state index in [9.17, 15) is 19.5 Å². The van der Waals surface area contributed by atoms with Crippen molar-refractivity contribution < 1.29 is 28.8 Å². The molecule has 3 amide bonds. The molecule has 0 saturated carbocycles. The zero-order chi connectivity index (χ0) is 36.0. The molecule has 0 unspecified atom stereocenters. The Morgan fingerprint density at radius 3 is 2.34 bits per heavy atom. The average Bonchev–Trinajstić information content (AvgIpc) is 3.79. The Hall–Kier alpha value is -4.39. The molecule has 3 aromatic rings. The maximum atomic E-state index is 14.1. The fourth-order valence-corrected chi connectivity index (χ4v) is 7.52. The number of β-amino-alcohol motifs (C(OH)–C–C–N with tert-alkyl or cyclic N) is 1. The number of anilines is 1. The predicted octanol–water partition coefficient (Wildman–Crippen LogP) is 4.49. The highest BCUT2D eigenvalue weighted by molar-refractivity contribution is 5.91. The molecule has 2 N–H and O–H groups in total. The van der Waals surface area contributed by atoms with Gasteiger partial charge in [0, 0.05) is 63.9 Å². The Morgan fingerprint density at radius 1 is 1.06 bits per heavy atom. The van der Waals surface area contributed by atoms with Gasteiger partial charge in [0.1, 0.15) is 17.6 Å². The molecule has 5 heterocycles. The third-order valence-corrected chi connectivity index (χ3v) is 10.4. The molecule has 13 nitrogen and oxygen atoms in total. The molecular formula is C37H51N7O6. The van der Waals surface area contributed by atoms with Gasteiger partial charge in [-0.3, -0.25) is 14.3 Å². The van der Waals surface area contributed by atoms with Crippen LogP contribution in [0.25, 0.3) is 11.3 Å². The van der Waals surface area contributed by atoms with Crippen molar-refractivity contribution in [2.75, 3.05) is 37.6 Å². The Kier molecular flexibility index (Phi) is 9.73. The van der Waals surface area contributed by atoms with Crippen LogP contribution >= 0.6 is 0 Å². The van der Waals surface area contributed by atoms with E-state index < -0.39 is 23.7 Å². The van der Waals surface area contributed by atoms with Gasteiger partial charge in [-0.2, -0.15) is 5.10 Å². The molecule has 13 heteroatoms. The van der Waals surface area contributed by atoms with Crippen LogP contribution in [-0.2, 0) is 21.4 Å². The van der Waals surface area contributed by atoms with E-state index in [4.69, 9.17) is 9.26 Å². The van der Waals surface area contributed by atoms with Crippen LogP contribution in [0.5, 0.6) is 0 Å². The molecule has 3 saturated heterocycles. The quantitative estimate of drug-likeness (QED) is 0.349. The summed E-state index contributed by atoms with van der Waals surface area (Å²) in [5.41, 5.74) is 2.53. The average molecular weight is 690 g/mol. The van der Waals surface area contributed by atoms with E-state index in [-0.39, 0.29) is 48.2 Å². The van der Waals surface area contributed by atoms with Gasteiger partial charge in [0.15, 0.2) is 11.6 Å². The summed E-state index contributed by atoms with van der Waals surface area (Å²) in [6, 6.07) is 10.6. The number of carbonyl (C=O) groups excluding carboxylic acids is 3. The number of amides is 3. The van der Waals surface area contributed by atoms with Gasteiger partial charge in [0.2, 0.25) is 11.8 Å². The minimum Gasteiger partial charge on any atom is -0.444 e. The van der Waals surface area contributed by atoms with Crippen molar-refractivity contribution in [1.82, 2.24) is 30.1 Å². The predicted molar refractivity (Wildman–Crippen MR) is 187 cm³/mol. The number of likely N-dealkylation sites (tertiary alicyclic amines) is 2. The number of aryl methyl sites for hydroxylation is 1. The summed E-state index contributed by atoms with van der Waals surface area (Å²) in [5, 5.41) is 22.3. The van der Waals surface area contributed by atoms with E-state index in [0.29, 0.717) is 24.7 Å². The van der Waals surface area contributed by atoms with E-state index in [0.717, 1.165) is 42.8 Å². The molecule has 4 atom stereocenters. The SMILES string of the molecule is CC(C)[C@H](C(=O)N1C[C@H](O)C[C@H]1C(=O)N[C@@H](C)c1ccc(-c2ccnn2C)cc1)c1cc(N2CC3(CCN(C(=O)OC(C)(C)C)CC3)C2)no1. The first-order valence-electron chi connectivity index (χ1n) is 17.7. The minimum atomic E-state index is -0.806. The van der Waals surface area contributed by atoms with Gasteiger partial charge in [-0.05, 0) is 63.6 Å². The number of carbonyl (C=O) groups is 3. The first-order valence-corrected chi connectivity index (χ1v) is 17.7. The smallest absolute Gasteiger partial charge is 0.410 e. The number of nitrogens with zero attached hydrogens (tertiary/aromatic N) is 6. The van der Waals surface area contributed by atoms with Crippen LogP contribution in [0.4, 0.5) is 10.6 Å². The van der Waals surface area contributed by atoms with Crippen molar-refractivity contribution in [3.63, 3.8) is 0 Å². The number of nitrogens with one attached hydrogen (secondary N) is 1. The molecule has 1 spiro atoms. The van der Waals surface area contributed by atoms with Crippen LogP contribution in [-0.4, -0.2) is 98.2 Å². The Bertz CT molecular complexity index is 1680. The summed E-state index contributed by atoms with van der Waals surface area (Å²) in [6.45, 7) is 14.4. The number of hydrogen-bond acceptors (Lipinski definition) is 9. The number of ether oxygens (including phenoxy) is 1. The van der Waals surface area contributed by atoms with Gasteiger partial charge < -0.3 is 34.4 Å². The largest absolute Gasteiger partial charge is 0.444 e. The Labute approximate surface area is 293 Å². The molecule has 0 aliphatic carbocycles. The number of piperidine rings is 1. The lowest BCUT2D eigenvalue weighted by Gasteiger charge is -2.53. The normalized spacial score (nSPS) is 21.7. The molecule has 50 heavy (non-hydrogen) atoms. The van der Waals surface area contributed by atoms with Crippen molar-refractivity contribution in [2.45, 2.75) is 90.5 Å². The number of hydrogen-bond donors (Lipinski definition) is 2. The zero-order valence-electron chi connectivity index (χ0n) is 30.3. The summed E-state index contributed by atoms with van der Waals surface area (Å²) >= 11 is 0. The summed E-state index contributed by atoms with van der Waals surface area (Å²) in [4.78, 5) is 45.7. The lowest BCUT2D eigenvalue weighted by atomic mass is 9.72. The van der Waals surface area contributed by atoms with Crippen molar-refractivity contribution in [1.29, 1.82) is 0 Å². The Morgan fingerprint density at radius 2 is 1.74 bits per heavy atom. The van der Waals surface area contributed by atoms with Crippen molar-refractivity contribution >= 4 is 23.7 Å². The summed E-state index contributed by atoms with van der Waals surface area (Å²) in [5.74, 6) is -0.243. The molecule has 1 aromatic carbocycles. The zero-order valence-corrected chi connectivity index (χ0v) is 30.3. The van der Waals surface area contributed by atoms with Gasteiger partial charge in [0.25, 0.3) is 0 Å². The monoisotopic (exact) mass is 689 g/mol. The summed E-state index contributed by atoms with van der Waals surface area (Å²) < 4.78 is 13.2. The number of benzene rings is 1. The number of aromatic nitrogens is 3. The Balaban J connectivity index is 1.07. The first kappa shape index (κ1) is 35.4. The third kappa shape index (κ3) is 7.38. The highest BCUT2D eigenvalue weighted by atomic mass is 16.6. The van der Waals surface area contributed by atoms with E-state index >= 15 is 0 Å². The van der Waals surface area contributed by atoms with Gasteiger partial charge in [-0.25, -0.2) is 4.79 Å². The second-order valence-electron chi connectivity index (χ2n) is 15.7. The standard InChI is InChI=1S/C37H51N7O6/c1-23(2)32(30-19-31(40-50-30)43-21-37(22-43)13-16-42(17-14-37)35(48)49-36(4,5)6)34(47)44-20-27(45)18-29(44)33(46)39-24(3)25-8-10-26(11-9-25)28-12-15-38-41(28)7/h8-12,15,19,23-24,27,29,32,45H,13-14,16-18,20-22H2,1-7H3,(H,39,46)/t24-,27+,29-,32-/m0/s1. The van der Waals surface area contributed by atoms with E-state index in [2.05, 4.69) is 20.5 Å². The van der Waals surface area contributed by atoms with E-state index in [1.54, 1.807) is 11.1 Å². The van der Waals surface area contributed by atoms with Crippen LogP contribution in [0.3, 0.4) is 0 Å². The molecule has 0 bridgehead atoms. The minimum absolute atomic E-state index is 0.0733. The highest BCUT2D eigenvalue weighted by Gasteiger charge is 2.48. The van der Waals surface area contributed by atoms with Crippen molar-refractivity contribution in [3.05, 3.63) is 53.9 Å². The highest BCUT2D eigenvalue weighted by Crippen LogP contribution is 2.43. The van der Waals surface area contributed by atoms with E-state index in [1.807, 2.05) is 89.7 Å². The molecular weight excluding hydrogens is 638 g/mol. The topological polar surface area (TPSA) is 146 Å². The second kappa shape index (κ2) is 13.7. The lowest BCUT2D eigenvalue weighted by molar-refractivity contribution is -0.141. The van der Waals surface area contributed by atoms with Gasteiger partial charge in [-0.1, -0.05) is 43.3 Å². The molecule has 270 valence electrons. The fraction of sp³-hybridized carbons (Fsp3) is 0.595. The number of aliphatic hydroxyl groups excluding tert-OH is 1. The molecule has 2 aromatic heterocycles. The maximum Gasteiger partial charge on any atom is 0.410 e. The molecule has 3 aliphatic rings. The van der Waals surface area contributed by atoms with Crippen molar-refractivity contribution in [2.24, 2.45) is 18.4 Å². The molecule has 0 radical (unpaired) electrons. The van der Waals surface area contributed by atoms with Crippen LogP contribution in [0.2, 0.25) is 0 Å². The van der Waals surface area contributed by atoms with Gasteiger partial charge in [0.05, 0.1) is 17.8 Å². The van der Waals surface area contributed by atoms with Crippen LogP contribution in [0.15, 0.2) is 47.1 Å². The maximum absolute atomic E-state index is 14.1. The number of rotatable bonds is 8. The van der Waals surface area contributed by atoms with Gasteiger partial charge in [-0.15, -0.1) is 0 Å². The molecule has 3 fully saturated rings. The first-order chi connectivity index (χ1) is 23.6. The van der Waals surface area contributed by atoms with Crippen molar-refractivity contribution in [3.8, 4) is 11.3 Å². The number of aliphatic hydroxyl groups is 1. The summed E-state index contributed by atoms with van der Waals surface area (Å²) in [6.07, 6.45) is 2.62. The van der Waals surface area contributed by atoms with E-state index in [1.165, 1.54) is 4.90 Å². The fourth-order valence-electron chi connectivity index (χ4n) is 7.52. The van der Waals surface area contributed by atoms with Crippen LogP contribution in [0, 0.1) is 11.3 Å². The van der Waals surface area contributed by atoms with Gasteiger partial charge >= 0.3 is 6.09 Å². The summed E-state index contributed by atoms with van der Waals surface area (Å²) in [7, 11) is 1.89. The molecule has 6 rings (SSSR count). The molecule has 3 aliphatic heterocycles. The lowest BCUT2D eigenvalue weighted by Crippen LogP contribution is -2.61. The van der Waals surface area contributed by atoms with Crippen LogP contribution in [0.1, 0.15) is 84.1 Å². The third-order valence-electron chi connectivity index (χ3n) is 10.4. The second-order valence-corrected chi connectivity index (χ2v) is 15.7.